The molecule has 2 aromatic carbocycles. The molecule has 0 aliphatic carbocycles. The first-order valence-corrected chi connectivity index (χ1v) is 5.17. The average Bonchev–Trinajstić information content (AvgIpc) is 2.22. The summed E-state index contributed by atoms with van der Waals surface area (Å²) in [7, 11) is 0. The van der Waals surface area contributed by atoms with Gasteiger partial charge in [-0.15, -0.1) is 0 Å². The van der Waals surface area contributed by atoms with E-state index < -0.39 is 0 Å². The van der Waals surface area contributed by atoms with E-state index in [4.69, 9.17) is 17.3 Å². The number of hydrogen-bond acceptors (Lipinski definition) is 1. The van der Waals surface area contributed by atoms with Crippen LogP contribution >= 0.6 is 11.6 Å². The van der Waals surface area contributed by atoms with E-state index in [-0.39, 0.29) is 0 Å². The molecule has 76 valence electrons. The lowest BCUT2D eigenvalue weighted by Crippen LogP contribution is -1.89. The van der Waals surface area contributed by atoms with Gasteiger partial charge in [0.2, 0.25) is 0 Å². The fourth-order valence-electron chi connectivity index (χ4n) is 1.59. The number of halogens is 1. The van der Waals surface area contributed by atoms with Gasteiger partial charge in [0, 0.05) is 16.3 Å². The number of aryl methyl sites for hydroxylation is 1. The van der Waals surface area contributed by atoms with Gasteiger partial charge in [-0.2, -0.15) is 0 Å². The first kappa shape index (κ1) is 10.1. The maximum Gasteiger partial charge on any atom is 0.0413 e. The molecule has 2 rings (SSSR count). The molecule has 2 aromatic rings. The van der Waals surface area contributed by atoms with Gasteiger partial charge in [-0.25, -0.2) is 0 Å². The summed E-state index contributed by atoms with van der Waals surface area (Å²) in [5, 5.41) is 0.709. The Kier molecular flexibility index (Phi) is 2.65. The molecule has 0 unspecified atom stereocenters. The number of nitrogen functional groups attached to an aromatic ring is 1. The highest BCUT2D eigenvalue weighted by Gasteiger charge is 2.03. The molecule has 0 atom stereocenters. The minimum Gasteiger partial charge on any atom is -0.398 e. The van der Waals surface area contributed by atoms with Gasteiger partial charge in [0.1, 0.15) is 0 Å². The second-order valence-corrected chi connectivity index (χ2v) is 4.04. The van der Waals surface area contributed by atoms with Crippen molar-refractivity contribution in [2.24, 2.45) is 0 Å². The van der Waals surface area contributed by atoms with Gasteiger partial charge in [0.15, 0.2) is 0 Å². The van der Waals surface area contributed by atoms with Crippen molar-refractivity contribution < 1.29 is 0 Å². The van der Waals surface area contributed by atoms with Crippen LogP contribution in [-0.2, 0) is 0 Å². The van der Waals surface area contributed by atoms with Crippen molar-refractivity contribution in [3.63, 3.8) is 0 Å². The fourth-order valence-corrected chi connectivity index (χ4v) is 1.76. The SMILES string of the molecule is Cc1cccc(-c2cc(Cl)ccc2N)c1. The molecule has 0 radical (unpaired) electrons. The summed E-state index contributed by atoms with van der Waals surface area (Å²) in [5.41, 5.74) is 9.98. The van der Waals surface area contributed by atoms with E-state index in [0.29, 0.717) is 5.02 Å². The van der Waals surface area contributed by atoms with Crippen molar-refractivity contribution >= 4 is 17.3 Å². The second-order valence-electron chi connectivity index (χ2n) is 3.60. The summed E-state index contributed by atoms with van der Waals surface area (Å²) < 4.78 is 0. The van der Waals surface area contributed by atoms with E-state index in [1.54, 1.807) is 6.07 Å². The number of anilines is 1. The predicted molar refractivity (Wildman–Crippen MR) is 66.0 cm³/mol. The molecule has 0 fully saturated rings. The lowest BCUT2D eigenvalue weighted by atomic mass is 10.0. The fraction of sp³-hybridized carbons (Fsp3) is 0.0769. The molecule has 0 amide bonds. The summed E-state index contributed by atoms with van der Waals surface area (Å²) in [6.07, 6.45) is 0. The zero-order valence-electron chi connectivity index (χ0n) is 8.50. The third-order valence-corrected chi connectivity index (χ3v) is 2.58. The van der Waals surface area contributed by atoms with Crippen molar-refractivity contribution in [3.8, 4) is 11.1 Å². The minimum absolute atomic E-state index is 0.709. The van der Waals surface area contributed by atoms with Crippen molar-refractivity contribution in [1.82, 2.24) is 0 Å². The molecule has 15 heavy (non-hydrogen) atoms. The van der Waals surface area contributed by atoms with Crippen LogP contribution in [0.2, 0.25) is 5.02 Å². The Balaban J connectivity index is 2.58. The Morgan fingerprint density at radius 2 is 1.87 bits per heavy atom. The Labute approximate surface area is 94.5 Å². The Morgan fingerprint density at radius 3 is 2.60 bits per heavy atom. The molecular weight excluding hydrogens is 206 g/mol. The molecule has 0 aromatic heterocycles. The molecule has 0 bridgehead atoms. The first-order chi connectivity index (χ1) is 7.16. The maximum absolute atomic E-state index is 5.95. The first-order valence-electron chi connectivity index (χ1n) is 4.79. The van der Waals surface area contributed by atoms with E-state index in [1.165, 1.54) is 5.56 Å². The third-order valence-electron chi connectivity index (χ3n) is 2.34. The highest BCUT2D eigenvalue weighted by molar-refractivity contribution is 6.31. The van der Waals surface area contributed by atoms with E-state index >= 15 is 0 Å². The van der Waals surface area contributed by atoms with Gasteiger partial charge in [0.25, 0.3) is 0 Å². The quantitative estimate of drug-likeness (QED) is 0.721. The van der Waals surface area contributed by atoms with Gasteiger partial charge in [0.05, 0.1) is 0 Å². The zero-order chi connectivity index (χ0) is 10.8. The van der Waals surface area contributed by atoms with Crippen LogP contribution in [-0.4, -0.2) is 0 Å². The molecule has 0 saturated heterocycles. The van der Waals surface area contributed by atoms with Gasteiger partial charge >= 0.3 is 0 Å². The monoisotopic (exact) mass is 217 g/mol. The van der Waals surface area contributed by atoms with Crippen LogP contribution in [0, 0.1) is 6.92 Å². The Hall–Kier alpha value is -1.47. The smallest absolute Gasteiger partial charge is 0.0413 e. The average molecular weight is 218 g/mol. The van der Waals surface area contributed by atoms with E-state index in [9.17, 15) is 0 Å². The normalized spacial score (nSPS) is 10.3. The topological polar surface area (TPSA) is 26.0 Å². The van der Waals surface area contributed by atoms with E-state index in [0.717, 1.165) is 16.8 Å². The van der Waals surface area contributed by atoms with Gasteiger partial charge < -0.3 is 5.73 Å². The van der Waals surface area contributed by atoms with Crippen molar-refractivity contribution in [2.45, 2.75) is 6.92 Å². The molecule has 1 nitrogen and oxygen atoms in total. The van der Waals surface area contributed by atoms with Crippen molar-refractivity contribution in [2.75, 3.05) is 5.73 Å². The number of benzene rings is 2. The van der Waals surface area contributed by atoms with Crippen LogP contribution in [0.15, 0.2) is 42.5 Å². The third kappa shape index (κ3) is 2.13. The molecule has 2 N–H and O–H groups in total. The van der Waals surface area contributed by atoms with Gasteiger partial charge in [-0.05, 0) is 30.7 Å². The van der Waals surface area contributed by atoms with Crippen LogP contribution in [0.5, 0.6) is 0 Å². The predicted octanol–water partition coefficient (Wildman–Crippen LogP) is 3.90. The molecule has 2 heteroatoms. The van der Waals surface area contributed by atoms with Crippen molar-refractivity contribution in [3.05, 3.63) is 53.1 Å². The number of hydrogen-bond donors (Lipinski definition) is 1. The van der Waals surface area contributed by atoms with Gasteiger partial charge in [-0.3, -0.25) is 0 Å². The lowest BCUT2D eigenvalue weighted by molar-refractivity contribution is 1.47. The maximum atomic E-state index is 5.95. The molecule has 0 aliphatic heterocycles. The molecule has 0 aliphatic rings. The van der Waals surface area contributed by atoms with Crippen molar-refractivity contribution in [1.29, 1.82) is 0 Å². The minimum atomic E-state index is 0.709. The summed E-state index contributed by atoms with van der Waals surface area (Å²) in [5.74, 6) is 0. The Morgan fingerprint density at radius 1 is 1.07 bits per heavy atom. The van der Waals surface area contributed by atoms with Gasteiger partial charge in [-0.1, -0.05) is 41.4 Å². The van der Waals surface area contributed by atoms with E-state index in [1.807, 2.05) is 24.3 Å². The standard InChI is InChI=1S/C13H12ClN/c1-9-3-2-4-10(7-9)12-8-11(14)5-6-13(12)15/h2-8H,15H2,1H3. The highest BCUT2D eigenvalue weighted by Crippen LogP contribution is 2.29. The van der Waals surface area contributed by atoms with Crippen LogP contribution in [0.4, 0.5) is 5.69 Å². The van der Waals surface area contributed by atoms with E-state index in [2.05, 4.69) is 19.1 Å². The molecular formula is C13H12ClN. The summed E-state index contributed by atoms with van der Waals surface area (Å²) in [6, 6.07) is 13.7. The second kappa shape index (κ2) is 3.95. The largest absolute Gasteiger partial charge is 0.398 e. The number of nitrogens with two attached hydrogens (primary N) is 1. The highest BCUT2D eigenvalue weighted by atomic mass is 35.5. The van der Waals surface area contributed by atoms with Crippen LogP contribution in [0.1, 0.15) is 5.56 Å². The van der Waals surface area contributed by atoms with Crippen LogP contribution in [0.25, 0.3) is 11.1 Å². The molecule has 0 spiro atoms. The van der Waals surface area contributed by atoms with Crippen LogP contribution in [0.3, 0.4) is 0 Å². The summed E-state index contributed by atoms with van der Waals surface area (Å²) in [6.45, 7) is 2.06. The lowest BCUT2D eigenvalue weighted by Gasteiger charge is -2.07. The summed E-state index contributed by atoms with van der Waals surface area (Å²) in [4.78, 5) is 0. The Bertz CT molecular complexity index is 492. The van der Waals surface area contributed by atoms with Crippen LogP contribution < -0.4 is 5.73 Å². The number of rotatable bonds is 1. The summed E-state index contributed by atoms with van der Waals surface area (Å²) >= 11 is 5.95. The molecule has 0 saturated carbocycles. The molecule has 0 heterocycles. The zero-order valence-corrected chi connectivity index (χ0v) is 9.25.